The molecule has 42 heavy (non-hydrogen) atoms. The van der Waals surface area contributed by atoms with Crippen LogP contribution in [-0.4, -0.2) is 40.5 Å². The molecule has 0 saturated heterocycles. The number of rotatable bonds is 12. The normalized spacial score (nSPS) is 14.5. The Morgan fingerprint density at radius 1 is 0.857 bits per heavy atom. The number of nitrogens with zero attached hydrogens (tertiary/aromatic N) is 1. The molecule has 0 heterocycles. The van der Waals surface area contributed by atoms with Gasteiger partial charge in [0.2, 0.25) is 5.91 Å². The Bertz CT molecular complexity index is 1200. The summed E-state index contributed by atoms with van der Waals surface area (Å²) in [6, 6.07) is 11.5. The van der Waals surface area contributed by atoms with Crippen molar-refractivity contribution in [1.29, 1.82) is 0 Å². The first-order chi connectivity index (χ1) is 19.6. The Kier molecular flexibility index (Phi) is 12.6. The number of alkyl carbamates (subject to hydrolysis) is 1. The fourth-order valence-corrected chi connectivity index (χ4v) is 5.16. The van der Waals surface area contributed by atoms with Gasteiger partial charge in [0.1, 0.15) is 17.7 Å². The van der Waals surface area contributed by atoms with Crippen LogP contribution < -0.4 is 10.6 Å². The number of aryl methyl sites for hydroxylation is 3. The van der Waals surface area contributed by atoms with Crippen molar-refractivity contribution < 1.29 is 19.1 Å². The highest BCUT2D eigenvalue weighted by atomic mass is 16.6. The molecule has 3 amide bonds. The lowest BCUT2D eigenvalue weighted by Gasteiger charge is -2.40. The van der Waals surface area contributed by atoms with Crippen molar-refractivity contribution >= 4 is 23.6 Å². The number of hydrogen-bond donors (Lipinski definition) is 2. The summed E-state index contributed by atoms with van der Waals surface area (Å²) < 4.78 is 5.56. The van der Waals surface area contributed by atoms with Crippen molar-refractivity contribution in [2.75, 3.05) is 5.32 Å². The number of hydrogen-bond acceptors (Lipinski definition) is 4. The van der Waals surface area contributed by atoms with Gasteiger partial charge in [-0.25, -0.2) is 4.79 Å². The molecular formula is C35H53N3O4. The molecule has 0 aliphatic heterocycles. The third-order valence-corrected chi connectivity index (χ3v) is 7.79. The van der Waals surface area contributed by atoms with E-state index in [1.54, 1.807) is 25.7 Å². The first-order valence-electron chi connectivity index (χ1n) is 15.3. The minimum absolute atomic E-state index is 0.192. The molecule has 4 atom stereocenters. The van der Waals surface area contributed by atoms with Crippen molar-refractivity contribution in [3.63, 3.8) is 0 Å². The Morgan fingerprint density at radius 2 is 1.43 bits per heavy atom. The summed E-state index contributed by atoms with van der Waals surface area (Å²) >= 11 is 0. The molecule has 0 spiro atoms. The molecule has 0 saturated carbocycles. The van der Waals surface area contributed by atoms with Gasteiger partial charge in [0, 0.05) is 11.7 Å². The number of nitrogens with one attached hydrogen (secondary N) is 2. The van der Waals surface area contributed by atoms with E-state index in [2.05, 4.69) is 24.5 Å². The Hall–Kier alpha value is -3.35. The smallest absolute Gasteiger partial charge is 0.408 e. The molecule has 2 rings (SSSR count). The number of amides is 3. The zero-order valence-electron chi connectivity index (χ0n) is 27.6. The second kappa shape index (κ2) is 15.2. The number of ether oxygens (including phenoxy) is 1. The van der Waals surface area contributed by atoms with Crippen molar-refractivity contribution in [2.45, 2.75) is 119 Å². The molecule has 4 unspecified atom stereocenters. The topological polar surface area (TPSA) is 87.7 Å². The predicted octanol–water partition coefficient (Wildman–Crippen LogP) is 7.88. The van der Waals surface area contributed by atoms with Crippen molar-refractivity contribution in [1.82, 2.24) is 10.2 Å². The largest absolute Gasteiger partial charge is 0.444 e. The molecule has 2 aromatic rings. The van der Waals surface area contributed by atoms with Crippen LogP contribution >= 0.6 is 0 Å². The monoisotopic (exact) mass is 579 g/mol. The van der Waals surface area contributed by atoms with Crippen LogP contribution in [0.2, 0.25) is 0 Å². The quantitative estimate of drug-likeness (QED) is 0.268. The van der Waals surface area contributed by atoms with Gasteiger partial charge in [-0.3, -0.25) is 9.59 Å². The summed E-state index contributed by atoms with van der Waals surface area (Å²) in [5.74, 6) is -0.345. The zero-order chi connectivity index (χ0) is 31.8. The second-order valence-corrected chi connectivity index (χ2v) is 13.1. The summed E-state index contributed by atoms with van der Waals surface area (Å²) in [7, 11) is 0. The number of para-hydroxylation sites is 1. The van der Waals surface area contributed by atoms with Gasteiger partial charge in [-0.1, -0.05) is 70.5 Å². The molecule has 2 N–H and O–H groups in total. The van der Waals surface area contributed by atoms with Crippen LogP contribution in [0.3, 0.4) is 0 Å². The summed E-state index contributed by atoms with van der Waals surface area (Å²) in [5.41, 5.74) is 3.56. The average molecular weight is 580 g/mol. The molecular weight excluding hydrogens is 526 g/mol. The molecule has 0 radical (unpaired) electrons. The van der Waals surface area contributed by atoms with Crippen LogP contribution in [0.5, 0.6) is 0 Å². The molecule has 7 heteroatoms. The highest BCUT2D eigenvalue weighted by Crippen LogP contribution is 2.33. The minimum Gasteiger partial charge on any atom is -0.444 e. The summed E-state index contributed by atoms with van der Waals surface area (Å²) in [4.78, 5) is 43.9. The molecule has 0 aromatic heterocycles. The molecule has 7 nitrogen and oxygen atoms in total. The van der Waals surface area contributed by atoms with E-state index >= 15 is 0 Å². The first-order valence-corrected chi connectivity index (χ1v) is 15.3. The molecule has 0 aliphatic carbocycles. The molecule has 0 bridgehead atoms. The number of anilines is 1. The van der Waals surface area contributed by atoms with Crippen LogP contribution in [0, 0.1) is 32.6 Å². The summed E-state index contributed by atoms with van der Waals surface area (Å²) in [5, 5.41) is 6.00. The molecule has 0 aliphatic rings. The fraction of sp³-hybridized carbons (Fsp3) is 0.571. The lowest BCUT2D eigenvalue weighted by Crippen LogP contribution is -2.57. The molecule has 232 valence electrons. The SMILES string of the molecule is CCC(C)C(NC(=O)OC(C)(C)C)C(=O)N(C(C)CCC(C)C)C(C(=O)Nc1ccccc1C)c1c(C)cccc1C. The van der Waals surface area contributed by atoms with Gasteiger partial charge < -0.3 is 20.3 Å². The lowest BCUT2D eigenvalue weighted by atomic mass is 9.90. The van der Waals surface area contributed by atoms with E-state index in [0.29, 0.717) is 24.4 Å². The van der Waals surface area contributed by atoms with Gasteiger partial charge in [-0.05, 0) is 101 Å². The van der Waals surface area contributed by atoms with E-state index in [-0.39, 0.29) is 23.8 Å². The zero-order valence-corrected chi connectivity index (χ0v) is 27.6. The Morgan fingerprint density at radius 3 is 1.95 bits per heavy atom. The summed E-state index contributed by atoms with van der Waals surface area (Å²) in [6.45, 7) is 21.5. The van der Waals surface area contributed by atoms with E-state index in [4.69, 9.17) is 4.74 Å². The number of carbonyl (C=O) groups is 3. The van der Waals surface area contributed by atoms with Gasteiger partial charge in [-0.2, -0.15) is 0 Å². The molecule has 0 fully saturated rings. The number of carbonyl (C=O) groups excluding carboxylic acids is 3. The van der Waals surface area contributed by atoms with Gasteiger partial charge in [0.15, 0.2) is 0 Å². The van der Waals surface area contributed by atoms with Gasteiger partial charge in [-0.15, -0.1) is 0 Å². The van der Waals surface area contributed by atoms with Gasteiger partial charge >= 0.3 is 6.09 Å². The first kappa shape index (κ1) is 34.8. The summed E-state index contributed by atoms with van der Waals surface area (Å²) in [6.07, 6.45) is 1.60. The second-order valence-electron chi connectivity index (χ2n) is 13.1. The van der Waals surface area contributed by atoms with E-state index < -0.39 is 23.8 Å². The van der Waals surface area contributed by atoms with Gasteiger partial charge in [0.25, 0.3) is 5.91 Å². The molecule has 2 aromatic carbocycles. The van der Waals surface area contributed by atoms with Gasteiger partial charge in [0.05, 0.1) is 0 Å². The standard InChI is InChI=1S/C35H53N3O4/c1-12-23(4)30(37-34(41)42-35(9,10)11)33(40)38(27(8)21-20-22(2)3)31(29-25(6)17-15-18-26(29)7)32(39)36-28-19-14-13-16-24(28)5/h13-19,22-23,27,30-31H,12,20-21H2,1-11H3,(H,36,39)(H,37,41). The Balaban J connectivity index is 2.73. The number of benzene rings is 2. The van der Waals surface area contributed by atoms with E-state index in [1.807, 2.05) is 84.0 Å². The van der Waals surface area contributed by atoms with Crippen LogP contribution in [-0.2, 0) is 14.3 Å². The lowest BCUT2D eigenvalue weighted by molar-refractivity contribution is -0.144. The fourth-order valence-electron chi connectivity index (χ4n) is 5.16. The third-order valence-electron chi connectivity index (χ3n) is 7.79. The van der Waals surface area contributed by atoms with E-state index in [1.165, 1.54) is 0 Å². The third kappa shape index (κ3) is 9.60. The average Bonchev–Trinajstić information content (AvgIpc) is 2.89. The van der Waals surface area contributed by atoms with Crippen LogP contribution in [0.4, 0.5) is 10.5 Å². The predicted molar refractivity (Wildman–Crippen MR) is 171 cm³/mol. The highest BCUT2D eigenvalue weighted by Gasteiger charge is 2.41. The maximum Gasteiger partial charge on any atom is 0.408 e. The van der Waals surface area contributed by atoms with E-state index in [9.17, 15) is 14.4 Å². The minimum atomic E-state index is -0.910. The van der Waals surface area contributed by atoms with Crippen molar-refractivity contribution in [3.05, 3.63) is 64.7 Å². The van der Waals surface area contributed by atoms with Crippen molar-refractivity contribution in [3.8, 4) is 0 Å². The van der Waals surface area contributed by atoms with Crippen molar-refractivity contribution in [2.24, 2.45) is 11.8 Å². The maximum atomic E-state index is 14.8. The van der Waals surface area contributed by atoms with Crippen LogP contribution in [0.25, 0.3) is 0 Å². The van der Waals surface area contributed by atoms with E-state index in [0.717, 1.165) is 28.7 Å². The highest BCUT2D eigenvalue weighted by molar-refractivity contribution is 6.00. The Labute approximate surface area is 253 Å². The van der Waals surface area contributed by atoms with Crippen LogP contribution in [0.15, 0.2) is 42.5 Å². The van der Waals surface area contributed by atoms with Crippen LogP contribution in [0.1, 0.15) is 103 Å². The maximum absolute atomic E-state index is 14.8.